The molecule has 0 aliphatic carbocycles. The first-order chi connectivity index (χ1) is 23.4. The van der Waals surface area contributed by atoms with Crippen LogP contribution in [0.4, 0.5) is 0 Å². The molecule has 0 radical (unpaired) electrons. The van der Waals surface area contributed by atoms with Crippen LogP contribution in [-0.4, -0.2) is 153 Å². The summed E-state index contributed by atoms with van der Waals surface area (Å²) in [5, 5.41) is 17.8. The maximum Gasteiger partial charge on any atom is 1.00 e. The Kier molecular flexibility index (Phi) is 13.5. The minimum atomic E-state index is -3.29. The Hall–Kier alpha value is -3.76. The number of amides is 2. The summed E-state index contributed by atoms with van der Waals surface area (Å²) in [5.41, 5.74) is 2.99. The zero-order valence-electron chi connectivity index (χ0n) is 29.7. The van der Waals surface area contributed by atoms with Crippen LogP contribution in [0.2, 0.25) is 0 Å². The molecule has 2 saturated heterocycles. The molecular weight excluding hydrogens is 732 g/mol. The van der Waals surface area contributed by atoms with Crippen molar-refractivity contribution in [1.82, 2.24) is 37.6 Å². The summed E-state index contributed by atoms with van der Waals surface area (Å²) in [6.07, 6.45) is 5.35. The molecule has 21 heteroatoms. The molecule has 0 bridgehead atoms. The molecule has 276 valence electrons. The number of aromatic carboxylic acids is 1. The van der Waals surface area contributed by atoms with Crippen LogP contribution in [0.15, 0.2) is 36.7 Å². The molecular formula is C31H39N8NaO10S2. The average Bonchev–Trinajstić information content (AvgIpc) is 3.53. The summed E-state index contributed by atoms with van der Waals surface area (Å²) in [4.78, 5) is 52.6. The Morgan fingerprint density at radius 2 is 1.00 bits per heavy atom. The van der Waals surface area contributed by atoms with Crippen molar-refractivity contribution in [2.45, 2.75) is 20.8 Å². The number of carbonyl (C=O) groups excluding carboxylic acids is 3. The Balaban J connectivity index is 0.000000270. The molecule has 4 aromatic rings. The zero-order valence-corrected chi connectivity index (χ0v) is 33.3. The van der Waals surface area contributed by atoms with E-state index in [0.717, 1.165) is 12.5 Å². The summed E-state index contributed by atoms with van der Waals surface area (Å²) < 4.78 is 51.9. The summed E-state index contributed by atoms with van der Waals surface area (Å²) in [6.45, 7) is 6.85. The maximum absolute atomic E-state index is 13.0. The SMILES string of the molecule is CC(=O)c1c(C)c(C(=O)N2CCN(S(C)(=O)=O)CC2)n2ncccc12.Cc1c(C(=O)O)c2cccnn2c1C(=O)N1CCN(S(C)(=O)=O)CC1.[Na+].[OH-]. The number of carboxylic acid groups (broad SMARTS) is 1. The minimum Gasteiger partial charge on any atom is -0.870 e. The summed E-state index contributed by atoms with van der Waals surface area (Å²) in [5.74, 6) is -1.84. The zero-order chi connectivity index (χ0) is 36.7. The normalized spacial score (nSPS) is 15.7. The number of piperazine rings is 2. The number of aromatic nitrogens is 4. The number of sulfonamides is 2. The Morgan fingerprint density at radius 1 is 0.654 bits per heavy atom. The number of hydrogen-bond acceptors (Lipinski definition) is 11. The molecule has 2 aliphatic rings. The second-order valence-corrected chi connectivity index (χ2v) is 16.1. The number of fused-ring (bicyclic) bond motifs is 2. The van der Waals surface area contributed by atoms with Crippen LogP contribution in [0.3, 0.4) is 0 Å². The first-order valence-electron chi connectivity index (χ1n) is 15.6. The predicted molar refractivity (Wildman–Crippen MR) is 183 cm³/mol. The van der Waals surface area contributed by atoms with E-state index in [1.165, 1.54) is 35.7 Å². The fourth-order valence-electron chi connectivity index (χ4n) is 6.38. The van der Waals surface area contributed by atoms with Crippen molar-refractivity contribution in [3.05, 3.63) is 70.3 Å². The van der Waals surface area contributed by atoms with Crippen LogP contribution in [0.25, 0.3) is 11.0 Å². The van der Waals surface area contributed by atoms with E-state index in [-0.39, 0.29) is 103 Å². The topological polar surface area (TPSA) is 234 Å². The van der Waals surface area contributed by atoms with Crippen molar-refractivity contribution in [3.63, 3.8) is 0 Å². The van der Waals surface area contributed by atoms with Crippen LogP contribution in [0.5, 0.6) is 0 Å². The smallest absolute Gasteiger partial charge is 0.870 e. The van der Waals surface area contributed by atoms with Crippen LogP contribution in [0.1, 0.15) is 59.7 Å². The van der Waals surface area contributed by atoms with Gasteiger partial charge < -0.3 is 20.4 Å². The van der Waals surface area contributed by atoms with Gasteiger partial charge in [-0.1, -0.05) is 0 Å². The van der Waals surface area contributed by atoms with E-state index in [1.807, 2.05) is 0 Å². The standard InChI is InChI=1S/C16H20N4O4S.C15H18N4O5S.Na.H2O/c1-11-14(12(2)21)13-5-4-6-17-20(13)15(11)16(22)18-7-9-19(10-8-18)25(3,23)24;1-10-12(15(21)22)11-4-3-5-16-19(11)13(10)14(20)17-6-8-18(9-7-17)25(2,23)24;;/h4-6H,7-10H2,1-3H3;3-5H,6-9H2,1-2H3,(H,21,22);;1H2/q;;+1;/p-1. The van der Waals surface area contributed by atoms with E-state index < -0.39 is 26.0 Å². The van der Waals surface area contributed by atoms with Crippen molar-refractivity contribution in [3.8, 4) is 0 Å². The van der Waals surface area contributed by atoms with E-state index in [0.29, 0.717) is 46.5 Å². The second kappa shape index (κ2) is 16.5. The minimum absolute atomic E-state index is 0. The number of rotatable bonds is 6. The number of hydrogen-bond donors (Lipinski definition) is 1. The third-order valence-electron chi connectivity index (χ3n) is 8.86. The van der Waals surface area contributed by atoms with Crippen LogP contribution >= 0.6 is 0 Å². The van der Waals surface area contributed by atoms with E-state index in [9.17, 15) is 41.1 Å². The molecule has 6 heterocycles. The third kappa shape index (κ3) is 8.38. The quantitative estimate of drug-likeness (QED) is 0.158. The van der Waals surface area contributed by atoms with Gasteiger partial charge in [-0.05, 0) is 56.2 Å². The molecule has 2 N–H and O–H groups in total. The van der Waals surface area contributed by atoms with Crippen LogP contribution < -0.4 is 29.6 Å². The van der Waals surface area contributed by atoms with E-state index >= 15 is 0 Å². The van der Waals surface area contributed by atoms with Gasteiger partial charge in [0.2, 0.25) is 20.0 Å². The molecule has 18 nitrogen and oxygen atoms in total. The maximum atomic E-state index is 13.0. The van der Waals surface area contributed by atoms with Gasteiger partial charge in [-0.25, -0.2) is 30.7 Å². The molecule has 0 atom stereocenters. The largest absolute Gasteiger partial charge is 1.00 e. The molecule has 0 saturated carbocycles. The van der Waals surface area contributed by atoms with Crippen molar-refractivity contribution in [1.29, 1.82) is 0 Å². The average molecular weight is 771 g/mol. The summed E-state index contributed by atoms with van der Waals surface area (Å²) in [6, 6.07) is 6.69. The van der Waals surface area contributed by atoms with Gasteiger partial charge in [0.1, 0.15) is 11.4 Å². The van der Waals surface area contributed by atoms with Crippen molar-refractivity contribution in [2.24, 2.45) is 0 Å². The van der Waals surface area contributed by atoms with Crippen molar-refractivity contribution >= 4 is 54.6 Å². The number of carboxylic acids is 1. The third-order valence-corrected chi connectivity index (χ3v) is 11.5. The van der Waals surface area contributed by atoms with Crippen LogP contribution in [-0.2, 0) is 20.0 Å². The number of carbonyl (C=O) groups is 4. The molecule has 0 spiro atoms. The predicted octanol–water partition coefficient (Wildman–Crippen LogP) is -2.55. The monoisotopic (exact) mass is 770 g/mol. The first kappa shape index (κ1) is 42.7. The Bertz CT molecular complexity index is 2080. The number of ketones is 1. The Morgan fingerprint density at radius 3 is 1.33 bits per heavy atom. The summed E-state index contributed by atoms with van der Waals surface area (Å²) in [7, 11) is -6.55. The molecule has 52 heavy (non-hydrogen) atoms. The van der Waals surface area contributed by atoms with E-state index in [2.05, 4.69) is 10.2 Å². The van der Waals surface area contributed by atoms with Gasteiger partial charge in [0.15, 0.2) is 5.78 Å². The fourth-order valence-corrected chi connectivity index (χ4v) is 8.03. The van der Waals surface area contributed by atoms with E-state index in [1.54, 1.807) is 49.2 Å². The van der Waals surface area contributed by atoms with Gasteiger partial charge >= 0.3 is 35.5 Å². The van der Waals surface area contributed by atoms with Gasteiger partial charge in [0.25, 0.3) is 11.8 Å². The molecule has 0 unspecified atom stereocenters. The van der Waals surface area contributed by atoms with Gasteiger partial charge in [-0.2, -0.15) is 18.8 Å². The Labute approximate surface area is 322 Å². The van der Waals surface area contributed by atoms with Gasteiger partial charge in [-0.15, -0.1) is 0 Å². The summed E-state index contributed by atoms with van der Waals surface area (Å²) >= 11 is 0. The molecule has 2 fully saturated rings. The van der Waals surface area contributed by atoms with Crippen LogP contribution in [0, 0.1) is 13.8 Å². The van der Waals surface area contributed by atoms with Gasteiger partial charge in [0.05, 0.1) is 29.1 Å². The second-order valence-electron chi connectivity index (χ2n) is 12.1. The molecule has 6 rings (SSSR count). The number of nitrogens with zero attached hydrogens (tertiary/aromatic N) is 8. The van der Waals surface area contributed by atoms with Gasteiger partial charge in [-0.3, -0.25) is 14.4 Å². The molecule has 0 aromatic carbocycles. The fraction of sp³-hybridized carbons (Fsp3) is 0.419. The van der Waals surface area contributed by atoms with Gasteiger partial charge in [0, 0.05) is 70.3 Å². The number of Topliss-reactive ketones (excluding diaryl/α,β-unsaturated/α-hetero) is 1. The molecule has 2 amide bonds. The van der Waals surface area contributed by atoms with E-state index in [4.69, 9.17) is 0 Å². The first-order valence-corrected chi connectivity index (χ1v) is 19.3. The van der Waals surface area contributed by atoms with Crippen molar-refractivity contribution < 1.29 is 76.2 Å². The molecule has 4 aromatic heterocycles. The molecule has 2 aliphatic heterocycles. The van der Waals surface area contributed by atoms with Crippen molar-refractivity contribution in [2.75, 3.05) is 64.9 Å².